The fraction of sp³-hybridized carbons (Fsp3) is 0.633. The number of pyridine rings is 1. The molecule has 0 amide bonds. The van der Waals surface area contributed by atoms with Crippen LogP contribution in [0.4, 0.5) is 4.39 Å². The Morgan fingerprint density at radius 2 is 1.78 bits per heavy atom. The largest absolute Gasteiger partial charge is 0.380 e. The van der Waals surface area contributed by atoms with Gasteiger partial charge in [0, 0.05) is 36.7 Å². The number of ether oxygens (including phenoxy) is 2. The quantitative estimate of drug-likeness (QED) is 0.344. The molecule has 0 aliphatic heterocycles. The van der Waals surface area contributed by atoms with Crippen LogP contribution in [0.25, 0.3) is 0 Å². The summed E-state index contributed by atoms with van der Waals surface area (Å²) in [6.45, 7) is 3.66. The van der Waals surface area contributed by atoms with Crippen LogP contribution in [-0.2, 0) is 38.9 Å². The second kappa shape index (κ2) is 12.8. The van der Waals surface area contributed by atoms with Crippen LogP contribution >= 0.6 is 0 Å². The summed E-state index contributed by atoms with van der Waals surface area (Å²) in [6, 6.07) is 6.34. The minimum absolute atomic E-state index is 0.00301. The van der Waals surface area contributed by atoms with E-state index in [2.05, 4.69) is 13.0 Å². The van der Waals surface area contributed by atoms with Crippen LogP contribution in [0.5, 0.6) is 0 Å². The van der Waals surface area contributed by atoms with Crippen molar-refractivity contribution in [2.24, 2.45) is 17.8 Å². The molecule has 1 aromatic carbocycles. The normalized spacial score (nSPS) is 24.8. The molecule has 204 valence electrons. The smallest absolute Gasteiger partial charge is 0.175 e. The molecular weight excluding hydrogens is 489 g/mol. The molecule has 2 aliphatic rings. The van der Waals surface area contributed by atoms with Crippen LogP contribution in [0.2, 0.25) is 0 Å². The first kappa shape index (κ1) is 28.2. The fourth-order valence-electron chi connectivity index (χ4n) is 6.12. The lowest BCUT2D eigenvalue weighted by Crippen LogP contribution is -2.09. The molecule has 7 heteroatoms. The van der Waals surface area contributed by atoms with Crippen molar-refractivity contribution >= 4 is 9.84 Å². The molecule has 2 fully saturated rings. The molecule has 1 aromatic heterocycles. The number of hydrogen-bond donors (Lipinski definition) is 0. The summed E-state index contributed by atoms with van der Waals surface area (Å²) in [7, 11) is -1.68. The molecular formula is C30H42FNO4S. The molecule has 4 unspecified atom stereocenters. The summed E-state index contributed by atoms with van der Waals surface area (Å²) < 4.78 is 48.7. The molecule has 1 heterocycles. The van der Waals surface area contributed by atoms with Gasteiger partial charge in [0.25, 0.3) is 0 Å². The summed E-state index contributed by atoms with van der Waals surface area (Å²) >= 11 is 0. The third-order valence-electron chi connectivity index (χ3n) is 8.27. The van der Waals surface area contributed by atoms with Gasteiger partial charge in [-0.25, -0.2) is 12.8 Å². The Kier molecular flexibility index (Phi) is 9.76. The van der Waals surface area contributed by atoms with Crippen molar-refractivity contribution < 1.29 is 22.3 Å². The highest BCUT2D eigenvalue weighted by Crippen LogP contribution is 2.49. The van der Waals surface area contributed by atoms with Gasteiger partial charge in [-0.2, -0.15) is 0 Å². The number of halogens is 1. The Morgan fingerprint density at radius 3 is 2.51 bits per heavy atom. The van der Waals surface area contributed by atoms with E-state index in [0.717, 1.165) is 30.2 Å². The zero-order valence-electron chi connectivity index (χ0n) is 22.5. The maximum Gasteiger partial charge on any atom is 0.175 e. The molecule has 5 nitrogen and oxygen atoms in total. The van der Waals surface area contributed by atoms with E-state index in [1.165, 1.54) is 74.8 Å². The lowest BCUT2D eigenvalue weighted by Gasteiger charge is -2.19. The van der Waals surface area contributed by atoms with E-state index in [1.54, 1.807) is 7.11 Å². The Morgan fingerprint density at radius 1 is 1.03 bits per heavy atom. The van der Waals surface area contributed by atoms with Crippen molar-refractivity contribution in [1.82, 2.24) is 4.98 Å². The van der Waals surface area contributed by atoms with Gasteiger partial charge in [-0.15, -0.1) is 0 Å². The third kappa shape index (κ3) is 7.61. The highest BCUT2D eigenvalue weighted by Gasteiger charge is 2.42. The summed E-state index contributed by atoms with van der Waals surface area (Å²) in [4.78, 5) is 4.90. The summed E-state index contributed by atoms with van der Waals surface area (Å²) in [5, 5.41) is 0. The molecule has 0 bridgehead atoms. The van der Waals surface area contributed by atoms with Crippen LogP contribution < -0.4 is 0 Å². The maximum atomic E-state index is 14.3. The predicted molar refractivity (Wildman–Crippen MR) is 144 cm³/mol. The van der Waals surface area contributed by atoms with Crippen LogP contribution in [0.15, 0.2) is 35.4 Å². The van der Waals surface area contributed by atoms with Gasteiger partial charge in [-0.1, -0.05) is 51.2 Å². The monoisotopic (exact) mass is 531 g/mol. The highest BCUT2D eigenvalue weighted by atomic mass is 32.2. The van der Waals surface area contributed by atoms with E-state index in [4.69, 9.17) is 14.5 Å². The van der Waals surface area contributed by atoms with Gasteiger partial charge in [0.05, 0.1) is 24.7 Å². The molecule has 2 saturated carbocycles. The summed E-state index contributed by atoms with van der Waals surface area (Å²) in [6.07, 6.45) is 14.0. The fourth-order valence-corrected chi connectivity index (χ4v) is 6.75. The average molecular weight is 532 g/mol. The second-order valence-corrected chi connectivity index (χ2v) is 13.1. The first-order chi connectivity index (χ1) is 17.8. The van der Waals surface area contributed by atoms with Crippen LogP contribution in [0.1, 0.15) is 86.6 Å². The Labute approximate surface area is 222 Å². The number of hydrogen-bond acceptors (Lipinski definition) is 5. The topological polar surface area (TPSA) is 65.5 Å². The molecule has 0 N–H and O–H groups in total. The SMILES string of the molecule is CCc1cc(COC)cnc1C1CCCCC(C2CC2COCc2ccc(S(C)(=O)=O)cc2F)CCC1. The molecule has 0 spiro atoms. The van der Waals surface area contributed by atoms with Gasteiger partial charge in [0.1, 0.15) is 5.82 Å². The summed E-state index contributed by atoms with van der Waals surface area (Å²) in [5.41, 5.74) is 4.24. The van der Waals surface area contributed by atoms with Crippen LogP contribution in [0.3, 0.4) is 0 Å². The van der Waals surface area contributed by atoms with Gasteiger partial charge in [-0.3, -0.25) is 4.98 Å². The van der Waals surface area contributed by atoms with Gasteiger partial charge in [0.15, 0.2) is 9.84 Å². The molecule has 4 rings (SSSR count). The molecule has 0 radical (unpaired) electrons. The zero-order chi connectivity index (χ0) is 26.4. The molecule has 0 saturated heterocycles. The van der Waals surface area contributed by atoms with Crippen molar-refractivity contribution in [3.8, 4) is 0 Å². The van der Waals surface area contributed by atoms with Crippen molar-refractivity contribution in [3.05, 3.63) is 58.7 Å². The molecule has 2 aliphatic carbocycles. The number of benzene rings is 1. The lowest BCUT2D eigenvalue weighted by molar-refractivity contribution is 0.102. The van der Waals surface area contributed by atoms with Gasteiger partial charge < -0.3 is 9.47 Å². The van der Waals surface area contributed by atoms with E-state index in [1.807, 2.05) is 6.20 Å². The van der Waals surface area contributed by atoms with Crippen molar-refractivity contribution in [3.63, 3.8) is 0 Å². The first-order valence-electron chi connectivity index (χ1n) is 13.8. The Balaban J connectivity index is 1.25. The standard InChI is InChI=1S/C30H42FNO4S/c1-4-22-14-21(18-35-2)17-32-30(22)24-9-6-5-8-23(10-7-11-24)28-15-26(28)20-36-19-25-12-13-27(16-29(25)31)37(3,33)34/h12-14,16-17,23-24,26,28H,4-11,15,18-20H2,1-3H3. The number of methoxy groups -OCH3 is 1. The minimum Gasteiger partial charge on any atom is -0.380 e. The van der Waals surface area contributed by atoms with Crippen molar-refractivity contribution in [2.45, 2.75) is 88.7 Å². The summed E-state index contributed by atoms with van der Waals surface area (Å²) in [5.74, 6) is 2.05. The van der Waals surface area contributed by atoms with Crippen LogP contribution in [0, 0.1) is 23.6 Å². The maximum absolute atomic E-state index is 14.3. The van der Waals surface area contributed by atoms with E-state index in [0.29, 0.717) is 36.5 Å². The first-order valence-corrected chi connectivity index (χ1v) is 15.7. The number of nitrogens with zero attached hydrogens (tertiary/aromatic N) is 1. The average Bonchev–Trinajstić information content (AvgIpc) is 3.61. The minimum atomic E-state index is -3.41. The van der Waals surface area contributed by atoms with Gasteiger partial charge >= 0.3 is 0 Å². The lowest BCUT2D eigenvalue weighted by atomic mass is 9.88. The highest BCUT2D eigenvalue weighted by molar-refractivity contribution is 7.90. The molecule has 4 atom stereocenters. The molecule has 37 heavy (non-hydrogen) atoms. The van der Waals surface area contributed by atoms with Crippen LogP contribution in [-0.4, -0.2) is 33.4 Å². The van der Waals surface area contributed by atoms with E-state index >= 15 is 0 Å². The predicted octanol–water partition coefficient (Wildman–Crippen LogP) is 6.63. The van der Waals surface area contributed by atoms with Gasteiger partial charge in [-0.05, 0) is 66.7 Å². The zero-order valence-corrected chi connectivity index (χ0v) is 23.4. The Bertz CT molecular complexity index is 1150. The van der Waals surface area contributed by atoms with Gasteiger partial charge in [0.2, 0.25) is 0 Å². The number of rotatable bonds is 10. The van der Waals surface area contributed by atoms with E-state index in [9.17, 15) is 12.8 Å². The molecule has 2 aromatic rings. The number of aryl methyl sites for hydroxylation is 1. The van der Waals surface area contributed by atoms with E-state index in [-0.39, 0.29) is 11.5 Å². The van der Waals surface area contributed by atoms with Crippen molar-refractivity contribution in [1.29, 1.82) is 0 Å². The van der Waals surface area contributed by atoms with E-state index < -0.39 is 15.7 Å². The number of aromatic nitrogens is 1. The number of sulfone groups is 1. The Hall–Kier alpha value is -1.83. The third-order valence-corrected chi connectivity index (χ3v) is 9.38. The van der Waals surface area contributed by atoms with Crippen molar-refractivity contribution in [2.75, 3.05) is 20.0 Å². The second-order valence-electron chi connectivity index (χ2n) is 11.0.